The number of carbonyl (C=O) groups is 2. The van der Waals surface area contributed by atoms with Crippen LogP contribution in [0.3, 0.4) is 0 Å². The number of sulfonamides is 1. The summed E-state index contributed by atoms with van der Waals surface area (Å²) in [5, 5.41) is 0. The zero-order chi connectivity index (χ0) is 21.5. The van der Waals surface area contributed by atoms with Gasteiger partial charge < -0.3 is 0 Å². The van der Waals surface area contributed by atoms with Crippen LogP contribution in [0, 0.1) is 12.7 Å². The predicted molar refractivity (Wildman–Crippen MR) is 109 cm³/mol. The Balaban J connectivity index is 1.44. The van der Waals surface area contributed by atoms with Crippen LogP contribution in [-0.2, 0) is 19.6 Å². The lowest BCUT2D eigenvalue weighted by molar-refractivity contribution is -0.123. The molecule has 0 N–H and O–H groups in total. The number of amides is 2. The molecule has 0 spiro atoms. The number of rotatable bonds is 4. The summed E-state index contributed by atoms with van der Waals surface area (Å²) in [4.78, 5) is 28.5. The molecule has 2 amide bonds. The van der Waals surface area contributed by atoms with Crippen molar-refractivity contribution < 1.29 is 22.4 Å². The molecule has 2 saturated heterocycles. The molecule has 2 aliphatic rings. The van der Waals surface area contributed by atoms with E-state index in [9.17, 15) is 22.4 Å². The predicted octanol–water partition coefficient (Wildman–Crippen LogP) is 1.77. The quantitative estimate of drug-likeness (QED) is 0.690. The van der Waals surface area contributed by atoms with Crippen molar-refractivity contribution in [2.45, 2.75) is 24.3 Å². The lowest BCUT2D eigenvalue weighted by Crippen LogP contribution is -2.53. The molecule has 0 aromatic heterocycles. The van der Waals surface area contributed by atoms with E-state index in [4.69, 9.17) is 0 Å². The Morgan fingerprint density at radius 2 is 1.50 bits per heavy atom. The second-order valence-electron chi connectivity index (χ2n) is 7.52. The van der Waals surface area contributed by atoms with Gasteiger partial charge in [-0.15, -0.1) is 0 Å². The highest BCUT2D eigenvalue weighted by Crippen LogP contribution is 2.27. The molecular weight excluding hydrogens is 409 g/mol. The Kier molecular flexibility index (Phi) is 5.44. The maximum atomic E-state index is 13.2. The van der Waals surface area contributed by atoms with Crippen LogP contribution in [0.4, 0.5) is 10.1 Å². The van der Waals surface area contributed by atoms with E-state index < -0.39 is 21.9 Å². The number of imide groups is 1. The zero-order valence-electron chi connectivity index (χ0n) is 16.5. The van der Waals surface area contributed by atoms with Crippen molar-refractivity contribution in [3.8, 4) is 0 Å². The zero-order valence-corrected chi connectivity index (χ0v) is 17.3. The van der Waals surface area contributed by atoms with E-state index in [0.29, 0.717) is 18.8 Å². The molecule has 9 heteroatoms. The molecule has 158 valence electrons. The molecular formula is C21H22FN3O4S. The molecule has 1 atom stereocenters. The number of benzene rings is 2. The average Bonchev–Trinajstić information content (AvgIpc) is 3.03. The van der Waals surface area contributed by atoms with Gasteiger partial charge in [-0.3, -0.25) is 14.5 Å². The van der Waals surface area contributed by atoms with E-state index in [1.807, 2.05) is 11.8 Å². The molecule has 2 aromatic rings. The number of hydrogen-bond acceptors (Lipinski definition) is 5. The summed E-state index contributed by atoms with van der Waals surface area (Å²) in [5.74, 6) is -1.15. The molecule has 30 heavy (non-hydrogen) atoms. The Labute approximate surface area is 174 Å². The maximum Gasteiger partial charge on any atom is 0.251 e. The highest BCUT2D eigenvalue weighted by molar-refractivity contribution is 7.89. The van der Waals surface area contributed by atoms with Gasteiger partial charge in [0.05, 0.1) is 23.0 Å². The van der Waals surface area contributed by atoms with Crippen molar-refractivity contribution in [2.24, 2.45) is 0 Å². The number of carbonyl (C=O) groups excluding carboxylic acids is 2. The van der Waals surface area contributed by atoms with Crippen molar-refractivity contribution in [1.82, 2.24) is 9.21 Å². The summed E-state index contributed by atoms with van der Waals surface area (Å²) in [5.41, 5.74) is 1.32. The topological polar surface area (TPSA) is 78.0 Å². The number of nitrogens with zero attached hydrogens (tertiary/aromatic N) is 3. The summed E-state index contributed by atoms with van der Waals surface area (Å²) in [6.07, 6.45) is 0.0287. The number of anilines is 1. The van der Waals surface area contributed by atoms with Crippen LogP contribution in [-0.4, -0.2) is 61.7 Å². The summed E-state index contributed by atoms with van der Waals surface area (Å²) in [7, 11) is -3.60. The summed E-state index contributed by atoms with van der Waals surface area (Å²) in [6.45, 7) is 3.08. The molecule has 2 aliphatic heterocycles. The van der Waals surface area contributed by atoms with Crippen LogP contribution < -0.4 is 4.90 Å². The van der Waals surface area contributed by atoms with Crippen molar-refractivity contribution in [3.05, 3.63) is 59.9 Å². The van der Waals surface area contributed by atoms with Gasteiger partial charge in [-0.25, -0.2) is 17.7 Å². The molecule has 0 unspecified atom stereocenters. The number of piperazine rings is 1. The minimum absolute atomic E-state index is 0.0287. The standard InChI is InChI=1S/C21H22FN3O4S/c1-15-2-8-18(9-3-15)30(28,29)24-12-10-23(11-13-24)19-14-20(26)25(21(19)27)17-6-4-16(22)5-7-17/h2-9,19H,10-14H2,1H3/t19-/m1/s1. The van der Waals surface area contributed by atoms with Gasteiger partial charge in [-0.2, -0.15) is 4.31 Å². The summed E-state index contributed by atoms with van der Waals surface area (Å²) in [6, 6.07) is 11.3. The number of aryl methyl sites for hydroxylation is 1. The van der Waals surface area contributed by atoms with Crippen LogP contribution in [0.15, 0.2) is 53.4 Å². The average molecular weight is 431 g/mol. The van der Waals surface area contributed by atoms with Gasteiger partial charge >= 0.3 is 0 Å². The Morgan fingerprint density at radius 3 is 2.10 bits per heavy atom. The summed E-state index contributed by atoms with van der Waals surface area (Å²) < 4.78 is 40.3. The molecule has 0 aliphatic carbocycles. The molecule has 0 bridgehead atoms. The van der Waals surface area contributed by atoms with Gasteiger partial charge in [-0.05, 0) is 43.3 Å². The van der Waals surface area contributed by atoms with E-state index in [2.05, 4.69) is 0 Å². The van der Waals surface area contributed by atoms with Crippen molar-refractivity contribution in [1.29, 1.82) is 0 Å². The lowest BCUT2D eigenvalue weighted by atomic mass is 10.2. The van der Waals surface area contributed by atoms with Gasteiger partial charge in [0, 0.05) is 26.2 Å². The molecule has 4 rings (SSSR count). The second-order valence-corrected chi connectivity index (χ2v) is 9.45. The SMILES string of the molecule is Cc1ccc(S(=O)(=O)N2CCN([C@@H]3CC(=O)N(c4ccc(F)cc4)C3=O)CC2)cc1. The van der Waals surface area contributed by atoms with Gasteiger partial charge in [0.15, 0.2) is 0 Å². The Bertz CT molecular complexity index is 1060. The number of halogens is 1. The maximum absolute atomic E-state index is 13.2. The first-order chi connectivity index (χ1) is 14.3. The van der Waals surface area contributed by atoms with E-state index in [1.165, 1.54) is 28.6 Å². The molecule has 0 saturated carbocycles. The van der Waals surface area contributed by atoms with Gasteiger partial charge in [0.25, 0.3) is 5.91 Å². The third kappa shape index (κ3) is 3.76. The fourth-order valence-electron chi connectivity index (χ4n) is 3.88. The lowest BCUT2D eigenvalue weighted by Gasteiger charge is -2.36. The molecule has 0 radical (unpaired) electrons. The minimum Gasteiger partial charge on any atom is -0.289 e. The highest BCUT2D eigenvalue weighted by Gasteiger charge is 2.44. The van der Waals surface area contributed by atoms with Crippen LogP contribution in [0.1, 0.15) is 12.0 Å². The van der Waals surface area contributed by atoms with E-state index in [1.54, 1.807) is 24.3 Å². The fourth-order valence-corrected chi connectivity index (χ4v) is 5.30. The second kappa shape index (κ2) is 7.90. The minimum atomic E-state index is -3.60. The third-order valence-electron chi connectivity index (χ3n) is 5.58. The third-order valence-corrected chi connectivity index (χ3v) is 7.49. The largest absolute Gasteiger partial charge is 0.289 e. The van der Waals surface area contributed by atoms with Crippen LogP contribution >= 0.6 is 0 Å². The highest BCUT2D eigenvalue weighted by atomic mass is 32.2. The summed E-state index contributed by atoms with van der Waals surface area (Å²) >= 11 is 0. The van der Waals surface area contributed by atoms with Crippen LogP contribution in [0.5, 0.6) is 0 Å². The van der Waals surface area contributed by atoms with Crippen LogP contribution in [0.2, 0.25) is 0 Å². The van der Waals surface area contributed by atoms with E-state index in [0.717, 1.165) is 10.5 Å². The molecule has 2 aromatic carbocycles. The smallest absolute Gasteiger partial charge is 0.251 e. The van der Waals surface area contributed by atoms with Crippen molar-refractivity contribution >= 4 is 27.5 Å². The Morgan fingerprint density at radius 1 is 0.900 bits per heavy atom. The first-order valence-electron chi connectivity index (χ1n) is 9.70. The van der Waals surface area contributed by atoms with Crippen molar-refractivity contribution in [2.75, 3.05) is 31.1 Å². The number of hydrogen-bond donors (Lipinski definition) is 0. The van der Waals surface area contributed by atoms with E-state index >= 15 is 0 Å². The first-order valence-corrected chi connectivity index (χ1v) is 11.1. The monoisotopic (exact) mass is 431 g/mol. The molecule has 2 heterocycles. The molecule has 7 nitrogen and oxygen atoms in total. The molecule has 2 fully saturated rings. The van der Waals surface area contributed by atoms with Gasteiger partial charge in [0.2, 0.25) is 15.9 Å². The first kappa shape index (κ1) is 20.6. The van der Waals surface area contributed by atoms with Crippen molar-refractivity contribution in [3.63, 3.8) is 0 Å². The van der Waals surface area contributed by atoms with Gasteiger partial charge in [0.1, 0.15) is 5.82 Å². The Hall–Kier alpha value is -2.62. The van der Waals surface area contributed by atoms with E-state index in [-0.39, 0.29) is 36.2 Å². The fraction of sp³-hybridized carbons (Fsp3) is 0.333. The normalized spacial score (nSPS) is 21.4. The van der Waals surface area contributed by atoms with Crippen LogP contribution in [0.25, 0.3) is 0 Å². The van der Waals surface area contributed by atoms with Gasteiger partial charge in [-0.1, -0.05) is 17.7 Å².